The maximum absolute atomic E-state index is 11.8. The van der Waals surface area contributed by atoms with Crippen LogP contribution in [0.2, 0.25) is 0 Å². The molecule has 0 radical (unpaired) electrons. The molecule has 0 atom stereocenters. The Kier molecular flexibility index (Phi) is 8.41. The van der Waals surface area contributed by atoms with Crippen LogP contribution in [0.4, 0.5) is 5.69 Å². The molecule has 8 nitrogen and oxygen atoms in total. The van der Waals surface area contributed by atoms with Gasteiger partial charge in [0.1, 0.15) is 5.54 Å². The van der Waals surface area contributed by atoms with Crippen molar-refractivity contribution in [2.24, 2.45) is 5.92 Å². The van der Waals surface area contributed by atoms with Crippen LogP contribution in [-0.4, -0.2) is 55.0 Å². The highest BCUT2D eigenvalue weighted by molar-refractivity contribution is 7.85. The molecule has 1 saturated heterocycles. The van der Waals surface area contributed by atoms with Gasteiger partial charge < -0.3 is 10.2 Å². The molecule has 204 valence electrons. The third kappa shape index (κ3) is 6.93. The van der Waals surface area contributed by atoms with E-state index in [1.807, 2.05) is 42.3 Å². The van der Waals surface area contributed by atoms with Crippen molar-refractivity contribution in [3.05, 3.63) is 60.7 Å². The molecule has 9 heteroatoms. The topological polar surface area (TPSA) is 104 Å². The fourth-order valence-electron chi connectivity index (χ4n) is 5.06. The fraction of sp³-hybridized carbons (Fsp3) is 0.467. The normalized spacial score (nSPS) is 18.9. The third-order valence-corrected chi connectivity index (χ3v) is 9.06. The van der Waals surface area contributed by atoms with Crippen molar-refractivity contribution in [2.45, 2.75) is 57.4 Å². The maximum atomic E-state index is 11.8. The molecule has 1 aliphatic heterocycles. The summed E-state index contributed by atoms with van der Waals surface area (Å²) in [7, 11) is -0.644. The maximum Gasteiger partial charge on any atom is 0.224 e. The molecule has 6 rings (SSSR count). The van der Waals surface area contributed by atoms with Gasteiger partial charge in [-0.05, 0) is 62.4 Å². The summed E-state index contributed by atoms with van der Waals surface area (Å²) >= 11 is 0. The van der Waals surface area contributed by atoms with Gasteiger partial charge in [-0.3, -0.25) is 14.0 Å². The van der Waals surface area contributed by atoms with E-state index in [9.17, 15) is 9.00 Å². The number of carbonyl (C=O) groups excluding carboxylic acids is 1. The summed E-state index contributed by atoms with van der Waals surface area (Å²) in [5.41, 5.74) is 4.87. The van der Waals surface area contributed by atoms with Crippen molar-refractivity contribution < 1.29 is 9.00 Å². The number of aromatic nitrogens is 3. The quantitative estimate of drug-likeness (QED) is 0.505. The third-order valence-electron chi connectivity index (χ3n) is 7.79. The molecular formula is C30H36N6O2S. The molecule has 2 aliphatic carbocycles. The number of amides is 1. The first-order valence-electron chi connectivity index (χ1n) is 13.9. The Morgan fingerprint density at radius 2 is 1.69 bits per heavy atom. The smallest absolute Gasteiger partial charge is 0.224 e. The van der Waals surface area contributed by atoms with Gasteiger partial charge in [-0.15, -0.1) is 0 Å². The molecule has 2 saturated carbocycles. The number of nitrogens with zero attached hydrogens (tertiary/aromatic N) is 5. The fourth-order valence-corrected chi connectivity index (χ4v) is 6.11. The highest BCUT2D eigenvalue weighted by Gasteiger charge is 2.45. The first-order valence-corrected chi connectivity index (χ1v) is 15.3. The van der Waals surface area contributed by atoms with Gasteiger partial charge >= 0.3 is 0 Å². The van der Waals surface area contributed by atoms with E-state index in [1.165, 1.54) is 12.1 Å². The van der Waals surface area contributed by atoms with Crippen LogP contribution in [0.15, 0.2) is 55.0 Å². The SMILES string of the molecule is Cc1ccc(-n2cc(-c3ccc(N4CCS(=O)CC4)cc3)cn2)cn1.N#CC1(NC(=O)C2CCCCC2)CC1. The number of benzene rings is 1. The second-order valence-electron chi connectivity index (χ2n) is 10.7. The number of pyridine rings is 1. The van der Waals surface area contributed by atoms with E-state index in [4.69, 9.17) is 5.26 Å². The molecule has 39 heavy (non-hydrogen) atoms. The van der Waals surface area contributed by atoms with Crippen molar-refractivity contribution in [1.82, 2.24) is 20.1 Å². The van der Waals surface area contributed by atoms with E-state index in [1.54, 1.807) is 0 Å². The Labute approximate surface area is 232 Å². The summed E-state index contributed by atoms with van der Waals surface area (Å²) < 4.78 is 13.3. The lowest BCUT2D eigenvalue weighted by atomic mass is 9.88. The van der Waals surface area contributed by atoms with Crippen LogP contribution in [0.3, 0.4) is 0 Å². The first kappa shape index (κ1) is 27.1. The summed E-state index contributed by atoms with van der Waals surface area (Å²) in [4.78, 5) is 18.4. The monoisotopic (exact) mass is 544 g/mol. The zero-order chi connectivity index (χ0) is 27.2. The molecule has 3 aliphatic rings. The predicted octanol–water partition coefficient (Wildman–Crippen LogP) is 4.55. The number of hydrogen-bond acceptors (Lipinski definition) is 6. The van der Waals surface area contributed by atoms with Crippen LogP contribution >= 0.6 is 0 Å². The zero-order valence-corrected chi connectivity index (χ0v) is 23.3. The van der Waals surface area contributed by atoms with Crippen molar-refractivity contribution in [3.63, 3.8) is 0 Å². The summed E-state index contributed by atoms with van der Waals surface area (Å²) in [6.07, 6.45) is 13.0. The average Bonchev–Trinajstić information content (AvgIpc) is 3.58. The lowest BCUT2D eigenvalue weighted by Gasteiger charge is -2.28. The van der Waals surface area contributed by atoms with Crippen LogP contribution in [0.5, 0.6) is 0 Å². The molecular weight excluding hydrogens is 508 g/mol. The van der Waals surface area contributed by atoms with Gasteiger partial charge in [0.25, 0.3) is 0 Å². The van der Waals surface area contributed by atoms with Crippen LogP contribution in [-0.2, 0) is 15.6 Å². The molecule has 3 heterocycles. The van der Waals surface area contributed by atoms with Crippen molar-refractivity contribution in [1.29, 1.82) is 5.26 Å². The molecule has 1 aromatic carbocycles. The molecule has 2 aromatic heterocycles. The van der Waals surface area contributed by atoms with E-state index >= 15 is 0 Å². The minimum absolute atomic E-state index is 0.115. The Balaban J connectivity index is 0.000000186. The standard InChI is InChI=1S/C19H20N4OS.C11H16N2O/c1-15-2-5-19(13-20-15)23-14-17(12-21-23)16-3-6-18(7-4-16)22-8-10-25(24)11-9-22;12-8-11(6-7-11)13-10(14)9-4-2-1-3-5-9/h2-7,12-14H,8-11H2,1H3;9H,1-7H2,(H,13,14). The summed E-state index contributed by atoms with van der Waals surface area (Å²) in [6.45, 7) is 3.70. The highest BCUT2D eigenvalue weighted by atomic mass is 32.2. The Hall–Kier alpha value is -3.51. The van der Waals surface area contributed by atoms with Crippen molar-refractivity contribution >= 4 is 22.4 Å². The summed E-state index contributed by atoms with van der Waals surface area (Å²) in [6, 6.07) is 14.7. The Morgan fingerprint density at radius 1 is 1.00 bits per heavy atom. The molecule has 0 unspecified atom stereocenters. The number of aryl methyl sites for hydroxylation is 1. The average molecular weight is 545 g/mol. The van der Waals surface area contributed by atoms with E-state index < -0.39 is 16.3 Å². The van der Waals surface area contributed by atoms with Crippen LogP contribution in [0.25, 0.3) is 16.8 Å². The van der Waals surface area contributed by atoms with Crippen LogP contribution in [0, 0.1) is 24.2 Å². The van der Waals surface area contributed by atoms with Crippen molar-refractivity contribution in [3.8, 4) is 22.9 Å². The molecule has 1 N–H and O–H groups in total. The van der Waals surface area contributed by atoms with Gasteiger partial charge in [0.15, 0.2) is 0 Å². The second kappa shape index (κ2) is 12.1. The number of nitrogens with one attached hydrogen (secondary N) is 1. The number of hydrogen-bond donors (Lipinski definition) is 1. The Bertz CT molecular complexity index is 1330. The minimum atomic E-state index is -0.644. The summed E-state index contributed by atoms with van der Waals surface area (Å²) in [5, 5.41) is 16.2. The zero-order valence-electron chi connectivity index (χ0n) is 22.5. The Morgan fingerprint density at radius 3 is 2.31 bits per heavy atom. The van der Waals surface area contributed by atoms with Crippen LogP contribution < -0.4 is 10.2 Å². The molecule has 1 amide bonds. The number of carbonyl (C=O) groups is 1. The molecule has 0 spiro atoms. The van der Waals surface area contributed by atoms with E-state index in [0.29, 0.717) is 0 Å². The van der Waals surface area contributed by atoms with Gasteiger partial charge in [0.2, 0.25) is 5.91 Å². The van der Waals surface area contributed by atoms with Gasteiger partial charge in [-0.25, -0.2) is 4.68 Å². The first-order chi connectivity index (χ1) is 18.9. The van der Waals surface area contributed by atoms with E-state index in [0.717, 1.165) is 85.6 Å². The number of nitriles is 1. The van der Waals surface area contributed by atoms with Gasteiger partial charge in [0.05, 0.1) is 24.2 Å². The van der Waals surface area contributed by atoms with Gasteiger partial charge in [-0.2, -0.15) is 10.4 Å². The minimum Gasteiger partial charge on any atom is -0.370 e. The van der Waals surface area contributed by atoms with Crippen LogP contribution in [0.1, 0.15) is 50.6 Å². The van der Waals surface area contributed by atoms with E-state index in [-0.39, 0.29) is 11.8 Å². The number of rotatable bonds is 5. The summed E-state index contributed by atoms with van der Waals surface area (Å²) in [5.74, 6) is 1.82. The molecule has 0 bridgehead atoms. The lowest BCUT2D eigenvalue weighted by molar-refractivity contribution is -0.126. The largest absolute Gasteiger partial charge is 0.370 e. The number of anilines is 1. The van der Waals surface area contributed by atoms with Gasteiger partial charge in [-0.1, -0.05) is 31.4 Å². The predicted molar refractivity (Wildman–Crippen MR) is 154 cm³/mol. The molecule has 3 fully saturated rings. The van der Waals surface area contributed by atoms with Crippen molar-refractivity contribution in [2.75, 3.05) is 29.5 Å². The highest BCUT2D eigenvalue weighted by Crippen LogP contribution is 2.35. The van der Waals surface area contributed by atoms with Gasteiger partial charge in [0, 0.05) is 64.5 Å². The van der Waals surface area contributed by atoms with E-state index in [2.05, 4.69) is 50.6 Å². The second-order valence-corrected chi connectivity index (χ2v) is 12.4. The lowest BCUT2D eigenvalue weighted by Crippen LogP contribution is -2.40. The molecule has 3 aromatic rings.